The fourth-order valence-electron chi connectivity index (χ4n) is 3.49. The van der Waals surface area contributed by atoms with E-state index in [1.807, 2.05) is 32.9 Å². The summed E-state index contributed by atoms with van der Waals surface area (Å²) in [6, 6.07) is 6.52. The summed E-state index contributed by atoms with van der Waals surface area (Å²) in [5.74, 6) is -0.366. The first-order chi connectivity index (χ1) is 13.4. The Kier molecular flexibility index (Phi) is 7.45. The Bertz CT molecular complexity index is 844. The number of amides is 2. The van der Waals surface area contributed by atoms with E-state index in [9.17, 15) is 18.0 Å². The lowest BCUT2D eigenvalue weighted by molar-refractivity contribution is -0.144. The van der Waals surface area contributed by atoms with Crippen molar-refractivity contribution in [3.8, 4) is 0 Å². The molecule has 1 fully saturated rings. The Morgan fingerprint density at radius 1 is 1.17 bits per heavy atom. The maximum absolute atomic E-state index is 12.8. The van der Waals surface area contributed by atoms with E-state index in [-0.39, 0.29) is 30.2 Å². The first-order valence-electron chi connectivity index (χ1n) is 10.1. The maximum Gasteiger partial charge on any atom is 0.243 e. The van der Waals surface area contributed by atoms with Crippen LogP contribution in [0.15, 0.2) is 24.3 Å². The van der Waals surface area contributed by atoms with Gasteiger partial charge in [-0.15, -0.1) is 0 Å². The van der Waals surface area contributed by atoms with Crippen LogP contribution in [-0.2, 0) is 31.9 Å². The zero-order valence-electron chi connectivity index (χ0n) is 18.0. The fraction of sp³-hybridized carbons (Fsp3) is 0.619. The molecule has 0 spiro atoms. The van der Waals surface area contributed by atoms with Gasteiger partial charge in [0.05, 0.1) is 5.75 Å². The molecule has 2 N–H and O–H groups in total. The van der Waals surface area contributed by atoms with Crippen molar-refractivity contribution < 1.29 is 18.0 Å². The zero-order chi connectivity index (χ0) is 21.8. The van der Waals surface area contributed by atoms with E-state index in [0.29, 0.717) is 18.5 Å². The van der Waals surface area contributed by atoms with Crippen LogP contribution in [0, 0.1) is 5.41 Å². The van der Waals surface area contributed by atoms with Crippen LogP contribution >= 0.6 is 0 Å². The highest BCUT2D eigenvalue weighted by Gasteiger charge is 2.38. The van der Waals surface area contributed by atoms with Gasteiger partial charge in [0.1, 0.15) is 6.04 Å². The Morgan fingerprint density at radius 2 is 1.79 bits per heavy atom. The van der Waals surface area contributed by atoms with Crippen LogP contribution in [0.1, 0.15) is 58.6 Å². The van der Waals surface area contributed by atoms with Gasteiger partial charge in [-0.05, 0) is 37.8 Å². The molecule has 1 aromatic carbocycles. The Labute approximate surface area is 174 Å². The highest BCUT2D eigenvalue weighted by molar-refractivity contribution is 7.88. The van der Waals surface area contributed by atoms with Crippen LogP contribution in [0.2, 0.25) is 0 Å². The van der Waals surface area contributed by atoms with E-state index in [2.05, 4.69) is 10.0 Å². The molecule has 162 valence electrons. The van der Waals surface area contributed by atoms with E-state index < -0.39 is 21.5 Å². The lowest BCUT2D eigenvalue weighted by Gasteiger charge is -2.30. The van der Waals surface area contributed by atoms with Gasteiger partial charge in [0, 0.05) is 24.5 Å². The van der Waals surface area contributed by atoms with Crippen molar-refractivity contribution >= 4 is 21.8 Å². The summed E-state index contributed by atoms with van der Waals surface area (Å²) in [7, 11) is -3.46. The number of likely N-dealkylation sites (tertiary alicyclic amines) is 1. The third kappa shape index (κ3) is 6.54. The van der Waals surface area contributed by atoms with Gasteiger partial charge in [-0.1, -0.05) is 45.0 Å². The zero-order valence-corrected chi connectivity index (χ0v) is 18.8. The second kappa shape index (κ2) is 9.26. The van der Waals surface area contributed by atoms with Crippen molar-refractivity contribution in [1.82, 2.24) is 14.9 Å². The first-order valence-corrected chi connectivity index (χ1v) is 11.7. The molecular weight excluding hydrogens is 390 g/mol. The van der Waals surface area contributed by atoms with Crippen molar-refractivity contribution in [3.05, 3.63) is 35.4 Å². The number of benzene rings is 1. The number of carbonyl (C=O) groups excluding carboxylic acids is 2. The van der Waals surface area contributed by atoms with Gasteiger partial charge in [0.25, 0.3) is 0 Å². The Morgan fingerprint density at radius 3 is 2.38 bits per heavy atom. The maximum atomic E-state index is 12.8. The molecular formula is C21H33N3O4S. The van der Waals surface area contributed by atoms with Crippen molar-refractivity contribution in [1.29, 1.82) is 0 Å². The quantitative estimate of drug-likeness (QED) is 0.703. The number of sulfonamides is 1. The molecule has 2 rings (SSSR count). The highest BCUT2D eigenvalue weighted by Crippen LogP contribution is 2.25. The monoisotopic (exact) mass is 423 g/mol. The van der Waals surface area contributed by atoms with Crippen LogP contribution in [0.4, 0.5) is 0 Å². The summed E-state index contributed by atoms with van der Waals surface area (Å²) in [6.45, 7) is 9.91. The third-order valence-corrected chi connectivity index (χ3v) is 6.31. The minimum absolute atomic E-state index is 0.0265. The summed E-state index contributed by atoms with van der Waals surface area (Å²) in [5.41, 5.74) is 0.865. The normalized spacial score (nSPS) is 17.6. The van der Waals surface area contributed by atoms with Gasteiger partial charge < -0.3 is 10.2 Å². The molecule has 0 aliphatic carbocycles. The number of hydrogen-bond acceptors (Lipinski definition) is 4. The Balaban J connectivity index is 2.06. The van der Waals surface area contributed by atoms with Crippen molar-refractivity contribution in [2.24, 2.45) is 5.41 Å². The molecule has 0 bridgehead atoms. The summed E-state index contributed by atoms with van der Waals surface area (Å²) in [6.07, 6.45) is 1.44. The van der Waals surface area contributed by atoms with E-state index in [1.54, 1.807) is 30.9 Å². The number of hydrogen-bond donors (Lipinski definition) is 2. The van der Waals surface area contributed by atoms with Gasteiger partial charge in [0.15, 0.2) is 0 Å². The van der Waals surface area contributed by atoms with Crippen molar-refractivity contribution in [2.45, 2.75) is 71.8 Å². The SMILES string of the molecule is CC(C)NS(=O)(=O)Cc1ccccc1CNC(=O)C1CCCN1C(=O)C(C)(C)C. The molecule has 1 aromatic rings. The van der Waals surface area contributed by atoms with Gasteiger partial charge in [-0.2, -0.15) is 0 Å². The number of nitrogens with one attached hydrogen (secondary N) is 2. The van der Waals surface area contributed by atoms with Gasteiger partial charge in [-0.3, -0.25) is 9.59 Å². The first kappa shape index (κ1) is 23.3. The average Bonchev–Trinajstić information content (AvgIpc) is 3.07. The molecule has 2 amide bonds. The summed E-state index contributed by atoms with van der Waals surface area (Å²) >= 11 is 0. The number of nitrogens with zero attached hydrogens (tertiary/aromatic N) is 1. The molecule has 1 heterocycles. The molecule has 0 aromatic heterocycles. The average molecular weight is 424 g/mol. The largest absolute Gasteiger partial charge is 0.350 e. The molecule has 29 heavy (non-hydrogen) atoms. The molecule has 1 saturated heterocycles. The van der Waals surface area contributed by atoms with Crippen molar-refractivity contribution in [2.75, 3.05) is 6.54 Å². The summed E-state index contributed by atoms with van der Waals surface area (Å²) < 4.78 is 27.1. The van der Waals surface area contributed by atoms with E-state index in [4.69, 9.17) is 0 Å². The third-order valence-electron chi connectivity index (χ3n) is 4.79. The molecule has 8 heteroatoms. The second-order valence-corrected chi connectivity index (χ2v) is 10.7. The number of rotatable bonds is 7. The van der Waals surface area contributed by atoms with Crippen LogP contribution in [-0.4, -0.2) is 43.8 Å². The van der Waals surface area contributed by atoms with Gasteiger partial charge >= 0.3 is 0 Å². The standard InChI is InChI=1S/C21H33N3O4S/c1-15(2)23-29(27,28)14-17-10-7-6-9-16(17)13-22-19(25)18-11-8-12-24(18)20(26)21(3,4)5/h6-7,9-10,15,18,23H,8,11-14H2,1-5H3,(H,22,25). The van der Waals surface area contributed by atoms with Crippen molar-refractivity contribution in [3.63, 3.8) is 0 Å². The topological polar surface area (TPSA) is 95.6 Å². The molecule has 1 unspecified atom stereocenters. The Hall–Kier alpha value is -1.93. The molecule has 1 aliphatic heterocycles. The smallest absolute Gasteiger partial charge is 0.243 e. The minimum atomic E-state index is -3.46. The van der Waals surface area contributed by atoms with E-state index in [1.165, 1.54) is 0 Å². The second-order valence-electron chi connectivity index (χ2n) is 8.92. The molecule has 0 radical (unpaired) electrons. The lowest BCUT2D eigenvalue weighted by atomic mass is 9.94. The van der Waals surface area contributed by atoms with Crippen LogP contribution < -0.4 is 10.0 Å². The molecule has 0 saturated carbocycles. The predicted octanol–water partition coefficient (Wildman–Crippen LogP) is 2.17. The molecule has 7 nitrogen and oxygen atoms in total. The lowest BCUT2D eigenvalue weighted by Crippen LogP contribution is -2.49. The van der Waals surface area contributed by atoms with Crippen LogP contribution in [0.3, 0.4) is 0 Å². The molecule has 1 aliphatic rings. The number of carbonyl (C=O) groups is 2. The summed E-state index contributed by atoms with van der Waals surface area (Å²) in [4.78, 5) is 27.1. The van der Waals surface area contributed by atoms with E-state index in [0.717, 1.165) is 12.0 Å². The van der Waals surface area contributed by atoms with Gasteiger partial charge in [0.2, 0.25) is 21.8 Å². The molecule has 1 atom stereocenters. The van der Waals surface area contributed by atoms with Crippen LogP contribution in [0.5, 0.6) is 0 Å². The van der Waals surface area contributed by atoms with Gasteiger partial charge in [-0.25, -0.2) is 13.1 Å². The fourth-order valence-corrected chi connectivity index (χ4v) is 4.98. The summed E-state index contributed by atoms with van der Waals surface area (Å²) in [5, 5.41) is 2.90. The highest BCUT2D eigenvalue weighted by atomic mass is 32.2. The minimum Gasteiger partial charge on any atom is -0.350 e. The predicted molar refractivity (Wildman–Crippen MR) is 113 cm³/mol. The van der Waals surface area contributed by atoms with E-state index >= 15 is 0 Å². The van der Waals surface area contributed by atoms with Crippen LogP contribution in [0.25, 0.3) is 0 Å².